The molecule has 8 heteroatoms. The molecule has 1 fully saturated rings. The van der Waals surface area contributed by atoms with Gasteiger partial charge in [-0.1, -0.05) is 12.1 Å². The minimum absolute atomic E-state index is 0.0981. The van der Waals surface area contributed by atoms with Crippen LogP contribution in [0, 0.1) is 0 Å². The van der Waals surface area contributed by atoms with E-state index in [2.05, 4.69) is 39.4 Å². The quantitative estimate of drug-likeness (QED) is 0.590. The Morgan fingerprint density at radius 1 is 1.33 bits per heavy atom. The summed E-state index contributed by atoms with van der Waals surface area (Å²) in [6.07, 6.45) is 3.68. The maximum atomic E-state index is 12.3. The molecule has 1 N–H and O–H groups in total. The number of anilines is 1. The Labute approximate surface area is 183 Å². The van der Waals surface area contributed by atoms with Crippen molar-refractivity contribution in [3.05, 3.63) is 35.7 Å². The van der Waals surface area contributed by atoms with E-state index in [0.717, 1.165) is 48.4 Å². The summed E-state index contributed by atoms with van der Waals surface area (Å²) < 4.78 is 9.82. The number of likely N-dealkylation sites (tertiary alicyclic amines) is 1. The zero-order valence-electron chi connectivity index (χ0n) is 18.3. The third kappa shape index (κ3) is 6.67. The minimum atomic E-state index is 0.0981. The van der Waals surface area contributed by atoms with Crippen LogP contribution in [-0.4, -0.2) is 66.0 Å². The summed E-state index contributed by atoms with van der Waals surface area (Å²) >= 11 is 1.40. The average molecular weight is 432 g/mol. The van der Waals surface area contributed by atoms with Gasteiger partial charge in [-0.25, -0.2) is 4.98 Å². The van der Waals surface area contributed by atoms with Gasteiger partial charge in [-0.05, 0) is 57.5 Å². The minimum Gasteiger partial charge on any atom is -0.497 e. The van der Waals surface area contributed by atoms with Gasteiger partial charge in [-0.15, -0.1) is 0 Å². The van der Waals surface area contributed by atoms with E-state index >= 15 is 0 Å². The van der Waals surface area contributed by atoms with E-state index in [0.29, 0.717) is 19.4 Å². The van der Waals surface area contributed by atoms with Crippen LogP contribution in [0.15, 0.2) is 24.3 Å². The van der Waals surface area contributed by atoms with Crippen LogP contribution in [0.5, 0.6) is 5.75 Å². The van der Waals surface area contributed by atoms with Gasteiger partial charge in [0.1, 0.15) is 11.6 Å². The molecule has 1 saturated heterocycles. The first-order chi connectivity index (χ1) is 14.5. The lowest BCUT2D eigenvalue weighted by Gasteiger charge is -2.25. The monoisotopic (exact) mass is 431 g/mol. The van der Waals surface area contributed by atoms with Crippen molar-refractivity contribution in [3.8, 4) is 5.75 Å². The van der Waals surface area contributed by atoms with Crippen LogP contribution < -0.4 is 15.0 Å². The maximum absolute atomic E-state index is 12.3. The summed E-state index contributed by atoms with van der Waals surface area (Å²) in [7, 11) is 1.67. The largest absolute Gasteiger partial charge is 0.497 e. The van der Waals surface area contributed by atoms with Crippen LogP contribution in [0.3, 0.4) is 0 Å². The van der Waals surface area contributed by atoms with Gasteiger partial charge in [0.2, 0.25) is 11.0 Å². The number of aromatic nitrogens is 2. The van der Waals surface area contributed by atoms with Crippen molar-refractivity contribution in [2.45, 2.75) is 45.6 Å². The van der Waals surface area contributed by atoms with Gasteiger partial charge in [-0.3, -0.25) is 4.79 Å². The van der Waals surface area contributed by atoms with Gasteiger partial charge in [0.05, 0.1) is 7.11 Å². The first-order valence-corrected chi connectivity index (χ1v) is 11.5. The SMILES string of the molecule is COc1cccc(Cc2nsc(N(CCC(=O)NCCN3CCCC3)C(C)C)n2)c1. The van der Waals surface area contributed by atoms with Crippen molar-refractivity contribution in [1.82, 2.24) is 19.6 Å². The first-order valence-electron chi connectivity index (χ1n) is 10.8. The highest BCUT2D eigenvalue weighted by atomic mass is 32.1. The lowest BCUT2D eigenvalue weighted by Crippen LogP contribution is -2.37. The summed E-state index contributed by atoms with van der Waals surface area (Å²) in [5.74, 6) is 1.73. The Morgan fingerprint density at radius 3 is 2.87 bits per heavy atom. The molecule has 1 amide bonds. The summed E-state index contributed by atoms with van der Waals surface area (Å²) in [5, 5.41) is 3.92. The van der Waals surface area contributed by atoms with Crippen molar-refractivity contribution in [1.29, 1.82) is 0 Å². The van der Waals surface area contributed by atoms with Gasteiger partial charge >= 0.3 is 0 Å². The number of hydrogen-bond donors (Lipinski definition) is 1. The summed E-state index contributed by atoms with van der Waals surface area (Å²) in [4.78, 5) is 21.6. The second kappa shape index (κ2) is 11.3. The summed E-state index contributed by atoms with van der Waals surface area (Å²) in [5.41, 5.74) is 1.12. The summed E-state index contributed by atoms with van der Waals surface area (Å²) in [6.45, 7) is 8.87. The molecule has 30 heavy (non-hydrogen) atoms. The molecule has 0 bridgehead atoms. The zero-order chi connectivity index (χ0) is 21.3. The van der Waals surface area contributed by atoms with Gasteiger partial charge in [-0.2, -0.15) is 4.37 Å². The van der Waals surface area contributed by atoms with Gasteiger partial charge in [0, 0.05) is 50.1 Å². The van der Waals surface area contributed by atoms with Crippen molar-refractivity contribution < 1.29 is 9.53 Å². The fraction of sp³-hybridized carbons (Fsp3) is 0.591. The highest BCUT2D eigenvalue weighted by Gasteiger charge is 2.18. The molecule has 0 aliphatic carbocycles. The van der Waals surface area contributed by atoms with E-state index in [1.54, 1.807) is 7.11 Å². The fourth-order valence-electron chi connectivity index (χ4n) is 3.64. The molecule has 7 nitrogen and oxygen atoms in total. The molecule has 0 spiro atoms. The van der Waals surface area contributed by atoms with Crippen LogP contribution in [0.2, 0.25) is 0 Å². The molecule has 1 aliphatic rings. The number of hydrogen-bond acceptors (Lipinski definition) is 7. The molecular weight excluding hydrogens is 398 g/mol. The van der Waals surface area contributed by atoms with Crippen LogP contribution in [0.1, 0.15) is 44.5 Å². The van der Waals surface area contributed by atoms with Crippen molar-refractivity contribution >= 4 is 22.6 Å². The van der Waals surface area contributed by atoms with Crippen molar-refractivity contribution in [2.24, 2.45) is 0 Å². The molecular formula is C22H33N5O2S. The predicted octanol–water partition coefficient (Wildman–Crippen LogP) is 2.95. The molecule has 2 heterocycles. The zero-order valence-corrected chi connectivity index (χ0v) is 19.1. The number of carbonyl (C=O) groups is 1. The van der Waals surface area contributed by atoms with Crippen LogP contribution >= 0.6 is 11.5 Å². The fourth-order valence-corrected chi connectivity index (χ4v) is 4.49. The lowest BCUT2D eigenvalue weighted by atomic mass is 10.1. The normalized spacial score (nSPS) is 14.3. The Morgan fingerprint density at radius 2 is 2.13 bits per heavy atom. The van der Waals surface area contributed by atoms with Crippen molar-refractivity contribution in [3.63, 3.8) is 0 Å². The number of rotatable bonds is 11. The Kier molecular flexibility index (Phi) is 8.45. The van der Waals surface area contributed by atoms with Gasteiger partial charge in [0.15, 0.2) is 0 Å². The maximum Gasteiger partial charge on any atom is 0.221 e. The summed E-state index contributed by atoms with van der Waals surface area (Å²) in [6, 6.07) is 8.22. The molecule has 1 aromatic carbocycles. The predicted molar refractivity (Wildman–Crippen MR) is 121 cm³/mol. The molecule has 1 aromatic heterocycles. The van der Waals surface area contributed by atoms with E-state index in [9.17, 15) is 4.79 Å². The average Bonchev–Trinajstić information content (AvgIpc) is 3.40. The van der Waals surface area contributed by atoms with Crippen LogP contribution in [0.4, 0.5) is 5.13 Å². The van der Waals surface area contributed by atoms with Gasteiger partial charge < -0.3 is 19.9 Å². The number of methoxy groups -OCH3 is 1. The molecule has 3 rings (SSSR count). The van der Waals surface area contributed by atoms with E-state index in [1.807, 2.05) is 18.2 Å². The number of benzene rings is 1. The van der Waals surface area contributed by atoms with Crippen molar-refractivity contribution in [2.75, 3.05) is 44.7 Å². The Bertz CT molecular complexity index is 804. The number of carbonyl (C=O) groups excluding carboxylic acids is 1. The van der Waals surface area contributed by atoms with Gasteiger partial charge in [0.25, 0.3) is 0 Å². The first kappa shape index (κ1) is 22.5. The Balaban J connectivity index is 1.49. The molecule has 0 saturated carbocycles. The van der Waals surface area contributed by atoms with Crippen LogP contribution in [0.25, 0.3) is 0 Å². The second-order valence-corrected chi connectivity index (χ2v) is 8.69. The second-order valence-electron chi connectivity index (χ2n) is 7.96. The number of amides is 1. The van der Waals surface area contributed by atoms with E-state index < -0.39 is 0 Å². The molecule has 0 radical (unpaired) electrons. The molecule has 164 valence electrons. The third-order valence-corrected chi connectivity index (χ3v) is 6.14. The molecule has 1 aliphatic heterocycles. The lowest BCUT2D eigenvalue weighted by molar-refractivity contribution is -0.120. The highest BCUT2D eigenvalue weighted by Crippen LogP contribution is 2.22. The topological polar surface area (TPSA) is 70.6 Å². The molecule has 2 aromatic rings. The number of ether oxygens (including phenoxy) is 1. The van der Waals surface area contributed by atoms with Crippen LogP contribution in [-0.2, 0) is 11.2 Å². The molecule has 0 unspecified atom stereocenters. The molecule has 0 atom stereocenters. The van der Waals surface area contributed by atoms with E-state index in [1.165, 1.54) is 24.4 Å². The number of nitrogens with one attached hydrogen (secondary N) is 1. The third-order valence-electron chi connectivity index (χ3n) is 5.35. The van der Waals surface area contributed by atoms with E-state index in [-0.39, 0.29) is 11.9 Å². The smallest absolute Gasteiger partial charge is 0.221 e. The highest BCUT2D eigenvalue weighted by molar-refractivity contribution is 7.09. The standard InChI is InChI=1S/C22H33N5O2S/c1-17(2)27(13-9-21(28)23-10-14-26-11-4-5-12-26)22-24-20(25-30-22)16-18-7-6-8-19(15-18)29-3/h6-8,15,17H,4-5,9-14,16H2,1-3H3,(H,23,28). The number of nitrogens with zero attached hydrogens (tertiary/aromatic N) is 4. The Hall–Kier alpha value is -2.19. The van der Waals surface area contributed by atoms with E-state index in [4.69, 9.17) is 9.72 Å².